The van der Waals surface area contributed by atoms with Crippen molar-refractivity contribution in [2.24, 2.45) is 0 Å². The van der Waals surface area contributed by atoms with Gasteiger partial charge in [0.15, 0.2) is 0 Å². The van der Waals surface area contributed by atoms with Gasteiger partial charge in [0.1, 0.15) is 5.82 Å². The summed E-state index contributed by atoms with van der Waals surface area (Å²) in [5, 5.41) is 5.61. The Morgan fingerprint density at radius 3 is 2.50 bits per heavy atom. The summed E-state index contributed by atoms with van der Waals surface area (Å²) < 4.78 is 13.0. The molecule has 1 unspecified atom stereocenters. The molecule has 0 fully saturated rings. The number of rotatable bonds is 5. The molecule has 1 aromatic carbocycles. The van der Waals surface area contributed by atoms with Crippen molar-refractivity contribution in [1.82, 2.24) is 5.32 Å². The maximum Gasteiger partial charge on any atom is 0.123 e. The molecule has 1 aromatic heterocycles. The Balaban J connectivity index is 2.36. The zero-order valence-corrected chi connectivity index (χ0v) is 11.6. The zero-order chi connectivity index (χ0) is 13.0. The predicted octanol–water partition coefficient (Wildman–Crippen LogP) is 4.15. The van der Waals surface area contributed by atoms with E-state index in [1.54, 1.807) is 11.3 Å². The maximum absolute atomic E-state index is 13.0. The van der Waals surface area contributed by atoms with Gasteiger partial charge in [-0.2, -0.15) is 0 Å². The Hall–Kier alpha value is -1.19. The molecule has 18 heavy (non-hydrogen) atoms. The molecule has 0 aliphatic rings. The third-order valence-corrected chi connectivity index (χ3v) is 4.06. The Bertz CT molecular complexity index is 489. The SMILES string of the molecule is CCNC(c1ccc(F)cc1)c1sccc1CC. The van der Waals surface area contributed by atoms with Crippen LogP contribution >= 0.6 is 11.3 Å². The normalized spacial score (nSPS) is 12.6. The van der Waals surface area contributed by atoms with E-state index < -0.39 is 0 Å². The number of thiophene rings is 1. The van der Waals surface area contributed by atoms with Gasteiger partial charge in [0.25, 0.3) is 0 Å². The fourth-order valence-electron chi connectivity index (χ4n) is 2.11. The molecule has 0 spiro atoms. The first-order chi connectivity index (χ1) is 8.76. The molecule has 0 aliphatic heterocycles. The van der Waals surface area contributed by atoms with Crippen LogP contribution in [0.25, 0.3) is 0 Å². The molecular formula is C15H18FNS. The van der Waals surface area contributed by atoms with Gasteiger partial charge in [0.05, 0.1) is 6.04 Å². The van der Waals surface area contributed by atoms with Crippen LogP contribution in [0.2, 0.25) is 0 Å². The minimum absolute atomic E-state index is 0.172. The Labute approximate surface area is 112 Å². The van der Waals surface area contributed by atoms with Crippen molar-refractivity contribution in [3.63, 3.8) is 0 Å². The summed E-state index contributed by atoms with van der Waals surface area (Å²) in [6, 6.07) is 9.13. The van der Waals surface area contributed by atoms with Crippen LogP contribution in [0.5, 0.6) is 0 Å². The number of halogens is 1. The van der Waals surface area contributed by atoms with Crippen LogP contribution in [0.1, 0.15) is 35.9 Å². The highest BCUT2D eigenvalue weighted by Crippen LogP contribution is 2.30. The van der Waals surface area contributed by atoms with Crippen molar-refractivity contribution in [2.75, 3.05) is 6.54 Å². The van der Waals surface area contributed by atoms with E-state index in [1.165, 1.54) is 22.6 Å². The minimum atomic E-state index is -0.184. The molecule has 1 N–H and O–H groups in total. The summed E-state index contributed by atoms with van der Waals surface area (Å²) in [7, 11) is 0. The highest BCUT2D eigenvalue weighted by molar-refractivity contribution is 7.10. The van der Waals surface area contributed by atoms with Crippen molar-refractivity contribution in [1.29, 1.82) is 0 Å². The molecule has 1 heterocycles. The number of hydrogen-bond acceptors (Lipinski definition) is 2. The fraction of sp³-hybridized carbons (Fsp3) is 0.333. The molecular weight excluding hydrogens is 245 g/mol. The second-order valence-corrected chi connectivity index (χ2v) is 5.15. The van der Waals surface area contributed by atoms with E-state index in [1.807, 2.05) is 12.1 Å². The first-order valence-electron chi connectivity index (χ1n) is 6.31. The molecule has 0 bridgehead atoms. The molecule has 3 heteroatoms. The Kier molecular flexibility index (Phi) is 4.50. The van der Waals surface area contributed by atoms with E-state index in [-0.39, 0.29) is 11.9 Å². The average Bonchev–Trinajstić information content (AvgIpc) is 2.85. The van der Waals surface area contributed by atoms with E-state index in [2.05, 4.69) is 30.6 Å². The number of nitrogens with one attached hydrogen (secondary N) is 1. The zero-order valence-electron chi connectivity index (χ0n) is 10.7. The topological polar surface area (TPSA) is 12.0 Å². The molecule has 0 saturated carbocycles. The first-order valence-corrected chi connectivity index (χ1v) is 7.19. The summed E-state index contributed by atoms with van der Waals surface area (Å²) in [6.07, 6.45) is 1.03. The quantitative estimate of drug-likeness (QED) is 0.854. The Morgan fingerprint density at radius 1 is 1.17 bits per heavy atom. The molecule has 2 rings (SSSR count). The monoisotopic (exact) mass is 263 g/mol. The third kappa shape index (κ3) is 2.79. The van der Waals surface area contributed by atoms with Crippen molar-refractivity contribution in [3.05, 3.63) is 57.5 Å². The van der Waals surface area contributed by atoms with Crippen molar-refractivity contribution < 1.29 is 4.39 Å². The van der Waals surface area contributed by atoms with Gasteiger partial charge in [-0.1, -0.05) is 26.0 Å². The second-order valence-electron chi connectivity index (χ2n) is 4.21. The number of hydrogen-bond donors (Lipinski definition) is 1. The molecule has 1 nitrogen and oxygen atoms in total. The van der Waals surface area contributed by atoms with Gasteiger partial charge in [0.2, 0.25) is 0 Å². The molecule has 0 saturated heterocycles. The smallest absolute Gasteiger partial charge is 0.123 e. The van der Waals surface area contributed by atoms with E-state index in [0.717, 1.165) is 18.5 Å². The van der Waals surface area contributed by atoms with Gasteiger partial charge in [0, 0.05) is 4.88 Å². The minimum Gasteiger partial charge on any atom is -0.306 e. The van der Waals surface area contributed by atoms with E-state index in [4.69, 9.17) is 0 Å². The second kappa shape index (κ2) is 6.12. The Morgan fingerprint density at radius 2 is 1.89 bits per heavy atom. The maximum atomic E-state index is 13.0. The molecule has 0 amide bonds. The summed E-state index contributed by atoms with van der Waals surface area (Å²) >= 11 is 1.76. The van der Waals surface area contributed by atoms with Gasteiger partial charge < -0.3 is 5.32 Å². The van der Waals surface area contributed by atoms with Gasteiger partial charge >= 0.3 is 0 Å². The molecule has 1 atom stereocenters. The lowest BCUT2D eigenvalue weighted by molar-refractivity contribution is 0.615. The first kappa shape index (κ1) is 13.2. The lowest BCUT2D eigenvalue weighted by Crippen LogP contribution is -2.22. The summed E-state index contributed by atoms with van der Waals surface area (Å²) in [5.41, 5.74) is 2.49. The fourth-order valence-corrected chi connectivity index (χ4v) is 3.21. The molecule has 2 aromatic rings. The average molecular weight is 263 g/mol. The van der Waals surface area contributed by atoms with Crippen LogP contribution in [0.4, 0.5) is 4.39 Å². The predicted molar refractivity (Wildman–Crippen MR) is 75.6 cm³/mol. The molecule has 0 radical (unpaired) electrons. The summed E-state index contributed by atoms with van der Waals surface area (Å²) in [4.78, 5) is 1.34. The van der Waals surface area contributed by atoms with Gasteiger partial charge in [-0.05, 0) is 47.7 Å². The molecule has 96 valence electrons. The lowest BCUT2D eigenvalue weighted by atomic mass is 10.0. The largest absolute Gasteiger partial charge is 0.306 e. The number of aryl methyl sites for hydroxylation is 1. The van der Waals surface area contributed by atoms with Crippen LogP contribution < -0.4 is 5.32 Å². The lowest BCUT2D eigenvalue weighted by Gasteiger charge is -2.18. The standard InChI is InChI=1S/C15H18FNS/c1-3-11-9-10-18-15(11)14(17-4-2)12-5-7-13(16)8-6-12/h5-10,14,17H,3-4H2,1-2H3. The number of benzene rings is 1. The van der Waals surface area contributed by atoms with E-state index in [0.29, 0.717) is 0 Å². The van der Waals surface area contributed by atoms with E-state index >= 15 is 0 Å². The van der Waals surface area contributed by atoms with Crippen LogP contribution in [0, 0.1) is 5.82 Å². The van der Waals surface area contributed by atoms with Crippen LogP contribution in [0.3, 0.4) is 0 Å². The third-order valence-electron chi connectivity index (χ3n) is 3.04. The van der Waals surface area contributed by atoms with Crippen molar-refractivity contribution in [3.8, 4) is 0 Å². The van der Waals surface area contributed by atoms with Crippen molar-refractivity contribution >= 4 is 11.3 Å². The molecule has 0 aliphatic carbocycles. The van der Waals surface area contributed by atoms with E-state index in [9.17, 15) is 4.39 Å². The van der Waals surface area contributed by atoms with Gasteiger partial charge in [-0.15, -0.1) is 11.3 Å². The summed E-state index contributed by atoms with van der Waals surface area (Å²) in [6.45, 7) is 5.15. The van der Waals surface area contributed by atoms with Gasteiger partial charge in [-0.25, -0.2) is 4.39 Å². The van der Waals surface area contributed by atoms with Crippen LogP contribution in [-0.2, 0) is 6.42 Å². The van der Waals surface area contributed by atoms with Crippen molar-refractivity contribution in [2.45, 2.75) is 26.3 Å². The highest BCUT2D eigenvalue weighted by atomic mass is 32.1. The summed E-state index contributed by atoms with van der Waals surface area (Å²) in [5.74, 6) is -0.184. The van der Waals surface area contributed by atoms with Gasteiger partial charge in [-0.3, -0.25) is 0 Å². The van der Waals surface area contributed by atoms with Crippen LogP contribution in [0.15, 0.2) is 35.7 Å². The van der Waals surface area contributed by atoms with Crippen LogP contribution in [-0.4, -0.2) is 6.54 Å². The highest BCUT2D eigenvalue weighted by Gasteiger charge is 2.17.